The van der Waals surface area contributed by atoms with E-state index in [0.717, 1.165) is 6.29 Å². The summed E-state index contributed by atoms with van der Waals surface area (Å²) in [6.45, 7) is 0. The fraction of sp³-hybridized carbons (Fsp3) is 0.0714. The Balaban J connectivity index is 2.65. The number of primary sulfonamides is 1. The van der Waals surface area contributed by atoms with Crippen molar-refractivity contribution >= 4 is 16.3 Å². The first-order valence-corrected chi connectivity index (χ1v) is 7.27. The highest BCUT2D eigenvalue weighted by Gasteiger charge is 2.16. The van der Waals surface area contributed by atoms with Crippen LogP contribution in [0, 0.1) is 0 Å². The van der Waals surface area contributed by atoms with Crippen molar-refractivity contribution in [2.24, 2.45) is 5.14 Å². The maximum absolute atomic E-state index is 11.6. The summed E-state index contributed by atoms with van der Waals surface area (Å²) < 4.78 is 28.4. The molecule has 0 saturated heterocycles. The zero-order valence-corrected chi connectivity index (χ0v) is 11.6. The number of aldehydes is 1. The summed E-state index contributed by atoms with van der Waals surface area (Å²) in [7, 11) is -2.36. The Labute approximate surface area is 117 Å². The molecule has 2 aromatic rings. The molecule has 2 N–H and O–H groups in total. The number of methoxy groups -OCH3 is 1. The number of rotatable bonds is 4. The van der Waals surface area contributed by atoms with Gasteiger partial charge in [-0.1, -0.05) is 24.3 Å². The molecule has 2 aromatic carbocycles. The summed E-state index contributed by atoms with van der Waals surface area (Å²) in [6.07, 6.45) is 0.718. The molecule has 0 fully saturated rings. The summed E-state index contributed by atoms with van der Waals surface area (Å²) in [5.74, 6) is 0.520. The van der Waals surface area contributed by atoms with E-state index in [9.17, 15) is 13.2 Å². The topological polar surface area (TPSA) is 86.5 Å². The van der Waals surface area contributed by atoms with Crippen LogP contribution in [-0.2, 0) is 10.0 Å². The molecule has 6 heteroatoms. The Morgan fingerprint density at radius 2 is 1.75 bits per heavy atom. The molecule has 20 heavy (non-hydrogen) atoms. The van der Waals surface area contributed by atoms with Gasteiger partial charge in [-0.05, 0) is 23.8 Å². The van der Waals surface area contributed by atoms with Crippen LogP contribution in [0.2, 0.25) is 0 Å². The number of hydrogen-bond donors (Lipinski definition) is 1. The normalized spacial score (nSPS) is 11.1. The Morgan fingerprint density at radius 1 is 1.10 bits per heavy atom. The Hall–Kier alpha value is -2.18. The third-order valence-electron chi connectivity index (χ3n) is 2.85. The molecule has 5 nitrogen and oxygen atoms in total. The first-order chi connectivity index (χ1) is 9.45. The van der Waals surface area contributed by atoms with E-state index in [-0.39, 0.29) is 4.90 Å². The summed E-state index contributed by atoms with van der Waals surface area (Å²) in [6, 6.07) is 11.1. The van der Waals surface area contributed by atoms with Gasteiger partial charge in [0.15, 0.2) is 0 Å². The number of carbonyl (C=O) groups excluding carboxylic acids is 1. The van der Waals surface area contributed by atoms with Gasteiger partial charge in [-0.15, -0.1) is 0 Å². The third kappa shape index (κ3) is 2.87. The summed E-state index contributed by atoms with van der Waals surface area (Å²) in [4.78, 5) is 10.7. The maximum Gasteiger partial charge on any atom is 0.238 e. The Morgan fingerprint density at radius 3 is 2.25 bits per heavy atom. The average Bonchev–Trinajstić information content (AvgIpc) is 2.45. The lowest BCUT2D eigenvalue weighted by atomic mass is 10.0. The molecule has 0 aromatic heterocycles. The quantitative estimate of drug-likeness (QED) is 0.870. The third-order valence-corrected chi connectivity index (χ3v) is 3.82. The number of hydrogen-bond acceptors (Lipinski definition) is 4. The van der Waals surface area contributed by atoms with E-state index in [1.807, 2.05) is 0 Å². The van der Waals surface area contributed by atoms with Crippen molar-refractivity contribution < 1.29 is 17.9 Å². The SMILES string of the molecule is COc1ccc(S(N)(=O)=O)c(-c2ccc(C=O)cc2)c1. The van der Waals surface area contributed by atoms with Gasteiger partial charge >= 0.3 is 0 Å². The van der Waals surface area contributed by atoms with Gasteiger partial charge in [-0.2, -0.15) is 0 Å². The number of sulfonamides is 1. The van der Waals surface area contributed by atoms with Gasteiger partial charge in [0.05, 0.1) is 12.0 Å². The predicted molar refractivity (Wildman–Crippen MR) is 75.2 cm³/mol. The van der Waals surface area contributed by atoms with Gasteiger partial charge in [0.2, 0.25) is 10.0 Å². The van der Waals surface area contributed by atoms with E-state index in [2.05, 4.69) is 0 Å². The first kappa shape index (κ1) is 14.2. The lowest BCUT2D eigenvalue weighted by Gasteiger charge is -2.10. The minimum Gasteiger partial charge on any atom is -0.497 e. The van der Waals surface area contributed by atoms with Crippen LogP contribution in [0.15, 0.2) is 47.4 Å². The molecule has 0 aliphatic heterocycles. The zero-order valence-electron chi connectivity index (χ0n) is 10.7. The maximum atomic E-state index is 11.6. The monoisotopic (exact) mass is 291 g/mol. The van der Waals surface area contributed by atoms with Gasteiger partial charge in [0.1, 0.15) is 12.0 Å². The summed E-state index contributed by atoms with van der Waals surface area (Å²) in [5, 5.41) is 5.22. The molecule has 0 unspecified atom stereocenters. The molecule has 0 radical (unpaired) electrons. The number of carbonyl (C=O) groups is 1. The number of ether oxygens (including phenoxy) is 1. The molecule has 0 aliphatic carbocycles. The van der Waals surface area contributed by atoms with Crippen molar-refractivity contribution in [2.45, 2.75) is 4.90 Å². The highest BCUT2D eigenvalue weighted by atomic mass is 32.2. The second kappa shape index (κ2) is 5.44. The highest BCUT2D eigenvalue weighted by Crippen LogP contribution is 2.30. The van der Waals surface area contributed by atoms with Crippen LogP contribution in [-0.4, -0.2) is 21.8 Å². The molecule has 0 spiro atoms. The van der Waals surface area contributed by atoms with Gasteiger partial charge in [0.25, 0.3) is 0 Å². The van der Waals surface area contributed by atoms with E-state index >= 15 is 0 Å². The lowest BCUT2D eigenvalue weighted by Crippen LogP contribution is -2.13. The largest absolute Gasteiger partial charge is 0.497 e. The second-order valence-corrected chi connectivity index (χ2v) is 5.68. The fourth-order valence-electron chi connectivity index (χ4n) is 1.85. The number of nitrogens with two attached hydrogens (primary N) is 1. The van der Waals surface area contributed by atoms with Gasteiger partial charge < -0.3 is 4.74 Å². The summed E-state index contributed by atoms with van der Waals surface area (Å²) >= 11 is 0. The highest BCUT2D eigenvalue weighted by molar-refractivity contribution is 7.89. The molecule has 0 atom stereocenters. The second-order valence-electron chi connectivity index (χ2n) is 4.15. The lowest BCUT2D eigenvalue weighted by molar-refractivity contribution is 0.112. The average molecular weight is 291 g/mol. The standard InChI is InChI=1S/C14H13NO4S/c1-19-12-6-7-14(20(15,17)18)13(8-12)11-4-2-10(9-16)3-5-11/h2-9H,1H3,(H2,15,17,18). The molecule has 0 amide bonds. The van der Waals surface area contributed by atoms with E-state index < -0.39 is 10.0 Å². The van der Waals surface area contributed by atoms with Crippen molar-refractivity contribution in [3.63, 3.8) is 0 Å². The molecule has 0 aliphatic rings. The van der Waals surface area contributed by atoms with Crippen LogP contribution in [0.3, 0.4) is 0 Å². The van der Waals surface area contributed by atoms with Gasteiger partial charge in [-0.3, -0.25) is 4.79 Å². The fourth-order valence-corrected chi connectivity index (χ4v) is 2.59. The van der Waals surface area contributed by atoms with Crippen LogP contribution in [0.5, 0.6) is 5.75 Å². The molecule has 104 valence electrons. The first-order valence-electron chi connectivity index (χ1n) is 5.72. The smallest absolute Gasteiger partial charge is 0.238 e. The van der Waals surface area contributed by atoms with Crippen LogP contribution >= 0.6 is 0 Å². The molecule has 0 saturated carbocycles. The minimum absolute atomic E-state index is 0.0113. The van der Waals surface area contributed by atoms with Crippen LogP contribution in [0.25, 0.3) is 11.1 Å². The zero-order chi connectivity index (χ0) is 14.8. The molecular weight excluding hydrogens is 278 g/mol. The Kier molecular flexibility index (Phi) is 3.87. The van der Waals surface area contributed by atoms with Crippen molar-refractivity contribution in [2.75, 3.05) is 7.11 Å². The van der Waals surface area contributed by atoms with E-state index in [4.69, 9.17) is 9.88 Å². The molecular formula is C14H13NO4S. The van der Waals surface area contributed by atoms with Crippen molar-refractivity contribution in [3.05, 3.63) is 48.0 Å². The Bertz CT molecular complexity index is 736. The van der Waals surface area contributed by atoms with E-state index in [1.165, 1.54) is 19.2 Å². The number of benzene rings is 2. The van der Waals surface area contributed by atoms with E-state index in [1.54, 1.807) is 30.3 Å². The minimum atomic E-state index is -3.85. The van der Waals surface area contributed by atoms with Gasteiger partial charge in [-0.25, -0.2) is 13.6 Å². The van der Waals surface area contributed by atoms with E-state index in [0.29, 0.717) is 22.4 Å². The predicted octanol–water partition coefficient (Wildman–Crippen LogP) is 1.82. The van der Waals surface area contributed by atoms with Crippen molar-refractivity contribution in [1.29, 1.82) is 0 Å². The van der Waals surface area contributed by atoms with Crippen LogP contribution in [0.1, 0.15) is 10.4 Å². The molecule has 2 rings (SSSR count). The van der Waals surface area contributed by atoms with Crippen LogP contribution in [0.4, 0.5) is 0 Å². The molecule has 0 bridgehead atoms. The van der Waals surface area contributed by atoms with Gasteiger partial charge in [0, 0.05) is 11.1 Å². The van der Waals surface area contributed by atoms with Crippen molar-refractivity contribution in [3.8, 4) is 16.9 Å². The van der Waals surface area contributed by atoms with Crippen molar-refractivity contribution in [1.82, 2.24) is 0 Å². The summed E-state index contributed by atoms with van der Waals surface area (Å²) in [5.41, 5.74) is 1.58. The molecule has 0 heterocycles. The van der Waals surface area contributed by atoms with Crippen LogP contribution < -0.4 is 9.88 Å².